The van der Waals surface area contributed by atoms with Crippen LogP contribution < -0.4 is 10.6 Å². The van der Waals surface area contributed by atoms with Gasteiger partial charge in [0.05, 0.1) is 25.9 Å². The standard InChI is InChI=1S/C28H36N6O4/c1-3-38-27(36)31-26(34-14-16-37-17-15-34)30-24(19-21-8-9-22-6-4-5-7-23(22)18-21)25(35)32-28(20-29)10-12-33(2)13-11-28/h4-9,18,24H,3,10-17,19H2,1-2H3,(H,32,35)(H,30,31,36). The van der Waals surface area contributed by atoms with Crippen molar-refractivity contribution in [2.24, 2.45) is 4.99 Å². The van der Waals surface area contributed by atoms with Gasteiger partial charge in [0.15, 0.2) is 0 Å². The minimum absolute atomic E-state index is 0.211. The molecule has 0 aromatic heterocycles. The molecule has 1 unspecified atom stereocenters. The summed E-state index contributed by atoms with van der Waals surface area (Å²) >= 11 is 0. The zero-order chi connectivity index (χ0) is 27.0. The lowest BCUT2D eigenvalue weighted by Gasteiger charge is -2.36. The molecule has 2 aromatic rings. The average Bonchev–Trinajstić information content (AvgIpc) is 2.94. The van der Waals surface area contributed by atoms with Crippen molar-refractivity contribution >= 4 is 28.7 Å². The predicted octanol–water partition coefficient (Wildman–Crippen LogP) is 2.29. The number of nitrogens with one attached hydrogen (secondary N) is 2. The Labute approximate surface area is 223 Å². The second-order valence-corrected chi connectivity index (χ2v) is 9.79. The number of ether oxygens (including phenoxy) is 2. The third-order valence-electron chi connectivity index (χ3n) is 7.04. The van der Waals surface area contributed by atoms with E-state index in [2.05, 4.69) is 21.6 Å². The van der Waals surface area contributed by atoms with Crippen LogP contribution in [0.3, 0.4) is 0 Å². The lowest BCUT2D eigenvalue weighted by molar-refractivity contribution is -0.124. The van der Waals surface area contributed by atoms with E-state index in [0.717, 1.165) is 29.4 Å². The second-order valence-electron chi connectivity index (χ2n) is 9.79. The van der Waals surface area contributed by atoms with E-state index in [1.807, 2.05) is 54.4 Å². The van der Waals surface area contributed by atoms with Crippen LogP contribution >= 0.6 is 0 Å². The lowest BCUT2D eigenvalue weighted by atomic mass is 9.88. The first-order valence-corrected chi connectivity index (χ1v) is 13.1. The minimum Gasteiger partial charge on any atom is -0.450 e. The highest BCUT2D eigenvalue weighted by molar-refractivity contribution is 5.96. The summed E-state index contributed by atoms with van der Waals surface area (Å²) in [5, 5.41) is 17.9. The topological polar surface area (TPSA) is 119 Å². The molecule has 0 bridgehead atoms. The summed E-state index contributed by atoms with van der Waals surface area (Å²) in [6, 6.07) is 15.6. The Hall–Kier alpha value is -3.68. The van der Waals surface area contributed by atoms with E-state index in [4.69, 9.17) is 14.5 Å². The Morgan fingerprint density at radius 1 is 1.13 bits per heavy atom. The summed E-state index contributed by atoms with van der Waals surface area (Å²) in [6.45, 7) is 5.37. The van der Waals surface area contributed by atoms with Gasteiger partial charge in [-0.05, 0) is 43.1 Å². The van der Waals surface area contributed by atoms with E-state index in [-0.39, 0.29) is 18.5 Å². The van der Waals surface area contributed by atoms with Gasteiger partial charge in [-0.3, -0.25) is 10.1 Å². The van der Waals surface area contributed by atoms with Gasteiger partial charge in [0.25, 0.3) is 0 Å². The van der Waals surface area contributed by atoms with E-state index < -0.39 is 17.7 Å². The Kier molecular flexibility index (Phi) is 9.15. The van der Waals surface area contributed by atoms with Gasteiger partial charge < -0.3 is 24.6 Å². The van der Waals surface area contributed by atoms with Crippen LogP contribution in [0, 0.1) is 11.3 Å². The summed E-state index contributed by atoms with van der Waals surface area (Å²) in [7, 11) is 2.01. The molecule has 1 atom stereocenters. The van der Waals surface area contributed by atoms with E-state index >= 15 is 0 Å². The van der Waals surface area contributed by atoms with Gasteiger partial charge in [-0.25, -0.2) is 9.79 Å². The maximum Gasteiger partial charge on any atom is 0.413 e. The fraction of sp³-hybridized carbons (Fsp3) is 0.500. The fourth-order valence-electron chi connectivity index (χ4n) is 4.74. The predicted molar refractivity (Wildman–Crippen MR) is 145 cm³/mol. The summed E-state index contributed by atoms with van der Waals surface area (Å²) in [5.74, 6) is -0.0808. The molecule has 2 aromatic carbocycles. The number of fused-ring (bicyclic) bond motifs is 1. The number of amides is 2. The fourth-order valence-corrected chi connectivity index (χ4v) is 4.74. The molecule has 2 aliphatic rings. The van der Waals surface area contributed by atoms with E-state index in [0.29, 0.717) is 45.6 Å². The van der Waals surface area contributed by atoms with Gasteiger partial charge in [-0.1, -0.05) is 42.5 Å². The number of carbonyl (C=O) groups excluding carboxylic acids is 2. The number of likely N-dealkylation sites (tertiary alicyclic amines) is 1. The van der Waals surface area contributed by atoms with Gasteiger partial charge in [0, 0.05) is 32.6 Å². The van der Waals surface area contributed by atoms with Gasteiger partial charge in [-0.2, -0.15) is 5.26 Å². The van der Waals surface area contributed by atoms with Crippen molar-refractivity contribution in [3.05, 3.63) is 48.0 Å². The number of hydrogen-bond acceptors (Lipinski definition) is 7. The van der Waals surface area contributed by atoms with Crippen LogP contribution in [0.1, 0.15) is 25.3 Å². The van der Waals surface area contributed by atoms with Crippen molar-refractivity contribution in [3.63, 3.8) is 0 Å². The quantitative estimate of drug-likeness (QED) is 0.443. The van der Waals surface area contributed by atoms with Crippen LogP contribution in [0.4, 0.5) is 4.79 Å². The number of aliphatic imine (C=N–C) groups is 1. The second kappa shape index (κ2) is 12.7. The average molecular weight is 521 g/mol. The normalized spacial score (nSPS) is 18.9. The van der Waals surface area contributed by atoms with Gasteiger partial charge >= 0.3 is 6.09 Å². The van der Waals surface area contributed by atoms with E-state index in [9.17, 15) is 14.9 Å². The summed E-state index contributed by atoms with van der Waals surface area (Å²) in [5.41, 5.74) is -0.0199. The first-order valence-electron chi connectivity index (χ1n) is 13.1. The molecule has 0 radical (unpaired) electrons. The number of hydrogen-bond donors (Lipinski definition) is 2. The molecule has 10 heteroatoms. The number of piperidine rings is 1. The first-order chi connectivity index (χ1) is 18.4. The summed E-state index contributed by atoms with van der Waals surface area (Å²) in [4.78, 5) is 35.0. The molecule has 2 aliphatic heterocycles. The number of nitrogens with zero attached hydrogens (tertiary/aromatic N) is 4. The molecular weight excluding hydrogens is 484 g/mol. The van der Waals surface area contributed by atoms with Gasteiger partial charge in [0.2, 0.25) is 11.9 Å². The van der Waals surface area contributed by atoms with Crippen LogP contribution in [0.5, 0.6) is 0 Å². The third-order valence-corrected chi connectivity index (χ3v) is 7.04. The van der Waals surface area contributed by atoms with Crippen molar-refractivity contribution < 1.29 is 19.1 Å². The number of carbonyl (C=O) groups is 2. The molecule has 38 heavy (non-hydrogen) atoms. The smallest absolute Gasteiger partial charge is 0.413 e. The number of morpholine rings is 1. The number of rotatable bonds is 6. The molecule has 2 fully saturated rings. The maximum atomic E-state index is 13.8. The van der Waals surface area contributed by atoms with Crippen LogP contribution in [-0.2, 0) is 20.7 Å². The van der Waals surface area contributed by atoms with Crippen molar-refractivity contribution in [3.8, 4) is 6.07 Å². The molecular formula is C28H36N6O4. The molecule has 10 nitrogen and oxygen atoms in total. The number of guanidine groups is 1. The highest BCUT2D eigenvalue weighted by Gasteiger charge is 2.37. The SMILES string of the molecule is CCOC(=O)NC(=NC(Cc1ccc2ccccc2c1)C(=O)NC1(C#N)CCN(C)CC1)N1CCOCC1. The highest BCUT2D eigenvalue weighted by atomic mass is 16.5. The summed E-state index contributed by atoms with van der Waals surface area (Å²) < 4.78 is 10.6. The van der Waals surface area contributed by atoms with Gasteiger partial charge in [-0.15, -0.1) is 0 Å². The number of nitriles is 1. The number of alkyl carbamates (subject to hydrolysis) is 1. The van der Waals surface area contributed by atoms with Gasteiger partial charge in [0.1, 0.15) is 11.6 Å². The first kappa shape index (κ1) is 27.4. The molecule has 0 aliphatic carbocycles. The molecule has 2 amide bonds. The lowest BCUT2D eigenvalue weighted by Crippen LogP contribution is -2.56. The Morgan fingerprint density at radius 2 is 1.84 bits per heavy atom. The zero-order valence-electron chi connectivity index (χ0n) is 22.1. The molecule has 2 saturated heterocycles. The van der Waals surface area contributed by atoms with Crippen LogP contribution in [0.2, 0.25) is 0 Å². The Balaban J connectivity index is 1.66. The van der Waals surface area contributed by atoms with Crippen molar-refractivity contribution in [2.75, 3.05) is 53.0 Å². The Morgan fingerprint density at radius 3 is 2.53 bits per heavy atom. The minimum atomic E-state index is -0.950. The Bertz CT molecular complexity index is 1200. The molecule has 2 heterocycles. The monoisotopic (exact) mass is 520 g/mol. The van der Waals surface area contributed by atoms with E-state index in [1.165, 1.54) is 0 Å². The molecule has 0 saturated carbocycles. The highest BCUT2D eigenvalue weighted by Crippen LogP contribution is 2.22. The number of benzene rings is 2. The van der Waals surface area contributed by atoms with E-state index in [1.54, 1.807) is 6.92 Å². The summed E-state index contributed by atoms with van der Waals surface area (Å²) in [6.07, 6.45) is 0.744. The molecule has 0 spiro atoms. The molecule has 4 rings (SSSR count). The van der Waals surface area contributed by atoms with Crippen molar-refractivity contribution in [2.45, 2.75) is 37.8 Å². The van der Waals surface area contributed by atoms with Crippen LogP contribution in [0.25, 0.3) is 10.8 Å². The third kappa shape index (κ3) is 7.00. The van der Waals surface area contributed by atoms with Crippen molar-refractivity contribution in [1.82, 2.24) is 20.4 Å². The maximum absolute atomic E-state index is 13.8. The largest absolute Gasteiger partial charge is 0.450 e. The molecule has 202 valence electrons. The van der Waals surface area contributed by atoms with Crippen LogP contribution in [0.15, 0.2) is 47.5 Å². The van der Waals surface area contributed by atoms with Crippen LogP contribution in [-0.4, -0.2) is 92.4 Å². The zero-order valence-corrected chi connectivity index (χ0v) is 22.1. The molecule has 2 N–H and O–H groups in total. The van der Waals surface area contributed by atoms with Crippen molar-refractivity contribution in [1.29, 1.82) is 5.26 Å².